The van der Waals surface area contributed by atoms with E-state index >= 15 is 0 Å². The van der Waals surface area contributed by atoms with E-state index in [-0.39, 0.29) is 22.8 Å². The normalized spacial score (nSPS) is 11.2. The molecule has 0 atom stereocenters. The summed E-state index contributed by atoms with van der Waals surface area (Å²) in [4.78, 5) is 17.7. The van der Waals surface area contributed by atoms with Gasteiger partial charge in [-0.1, -0.05) is 0 Å². The van der Waals surface area contributed by atoms with E-state index in [2.05, 4.69) is 15.3 Å². The maximum Gasteiger partial charge on any atom is 0.417 e. The lowest BCUT2D eigenvalue weighted by atomic mass is 10.1. The van der Waals surface area contributed by atoms with Gasteiger partial charge in [0.1, 0.15) is 5.82 Å². The van der Waals surface area contributed by atoms with E-state index in [1.165, 1.54) is 7.05 Å². The molecule has 0 aliphatic heterocycles. The highest BCUT2D eigenvalue weighted by atomic mass is 19.4. The monoisotopic (exact) mass is 298 g/mol. The average molecular weight is 298 g/mol. The van der Waals surface area contributed by atoms with E-state index in [1.807, 2.05) is 0 Å². The largest absolute Gasteiger partial charge is 0.417 e. The first-order valence-electron chi connectivity index (χ1n) is 5.68. The number of alkyl halides is 3. The summed E-state index contributed by atoms with van der Waals surface area (Å²) in [5.41, 5.74) is -1.80. The van der Waals surface area contributed by atoms with Gasteiger partial charge in [0, 0.05) is 31.1 Å². The van der Waals surface area contributed by atoms with Crippen LogP contribution in [0.1, 0.15) is 5.56 Å². The van der Waals surface area contributed by atoms with Gasteiger partial charge in [0.2, 0.25) is 0 Å². The standard InChI is InChI=1S/C12H9F3N4O2/c1-16-11-5-7(19(20)21)4-10(18-11)8-6-17-3-2-9(8)12(13,14)15/h2-6H,1H3,(H,16,18). The Balaban J connectivity index is 2.67. The Morgan fingerprint density at radius 1 is 1.33 bits per heavy atom. The van der Waals surface area contributed by atoms with Crippen molar-refractivity contribution in [1.29, 1.82) is 0 Å². The van der Waals surface area contributed by atoms with Crippen LogP contribution in [0.3, 0.4) is 0 Å². The molecule has 0 unspecified atom stereocenters. The Morgan fingerprint density at radius 3 is 2.62 bits per heavy atom. The molecule has 21 heavy (non-hydrogen) atoms. The molecule has 0 saturated carbocycles. The molecule has 0 aromatic carbocycles. The minimum Gasteiger partial charge on any atom is -0.373 e. The zero-order valence-corrected chi connectivity index (χ0v) is 10.7. The van der Waals surface area contributed by atoms with Crippen molar-refractivity contribution in [1.82, 2.24) is 9.97 Å². The quantitative estimate of drug-likeness (QED) is 0.695. The molecule has 2 aromatic heterocycles. The Morgan fingerprint density at radius 2 is 2.05 bits per heavy atom. The summed E-state index contributed by atoms with van der Waals surface area (Å²) in [6.07, 6.45) is -2.62. The number of aromatic nitrogens is 2. The van der Waals surface area contributed by atoms with Gasteiger partial charge in [-0.3, -0.25) is 15.1 Å². The predicted octanol–water partition coefficient (Wildman–Crippen LogP) is 3.11. The zero-order valence-electron chi connectivity index (χ0n) is 10.7. The number of nitrogens with one attached hydrogen (secondary N) is 1. The van der Waals surface area contributed by atoms with Crippen LogP contribution in [0.25, 0.3) is 11.3 Å². The van der Waals surface area contributed by atoms with E-state index in [9.17, 15) is 23.3 Å². The van der Waals surface area contributed by atoms with Crippen molar-refractivity contribution in [3.8, 4) is 11.3 Å². The molecule has 0 spiro atoms. The van der Waals surface area contributed by atoms with Crippen LogP contribution < -0.4 is 5.32 Å². The van der Waals surface area contributed by atoms with Crippen LogP contribution in [0.15, 0.2) is 30.6 Å². The smallest absolute Gasteiger partial charge is 0.373 e. The first-order valence-corrected chi connectivity index (χ1v) is 5.68. The number of pyridine rings is 2. The van der Waals surface area contributed by atoms with Gasteiger partial charge in [-0.15, -0.1) is 0 Å². The van der Waals surface area contributed by atoms with Gasteiger partial charge in [0.25, 0.3) is 5.69 Å². The third kappa shape index (κ3) is 3.07. The van der Waals surface area contributed by atoms with Crippen molar-refractivity contribution in [2.24, 2.45) is 0 Å². The van der Waals surface area contributed by atoms with E-state index in [0.717, 1.165) is 30.6 Å². The third-order valence-corrected chi connectivity index (χ3v) is 2.68. The topological polar surface area (TPSA) is 81.0 Å². The fourth-order valence-corrected chi connectivity index (χ4v) is 1.73. The second-order valence-electron chi connectivity index (χ2n) is 4.02. The van der Waals surface area contributed by atoms with E-state index in [4.69, 9.17) is 0 Å². The van der Waals surface area contributed by atoms with Gasteiger partial charge in [-0.2, -0.15) is 13.2 Å². The van der Waals surface area contributed by atoms with Gasteiger partial charge in [-0.05, 0) is 6.07 Å². The fraction of sp³-hybridized carbons (Fsp3) is 0.167. The Labute approximate surface area is 116 Å². The predicted molar refractivity (Wildman–Crippen MR) is 68.7 cm³/mol. The van der Waals surface area contributed by atoms with Crippen LogP contribution in [-0.2, 0) is 6.18 Å². The molecule has 110 valence electrons. The van der Waals surface area contributed by atoms with Crippen molar-refractivity contribution < 1.29 is 18.1 Å². The van der Waals surface area contributed by atoms with Crippen LogP contribution >= 0.6 is 0 Å². The molecule has 0 fully saturated rings. The number of hydrogen-bond donors (Lipinski definition) is 1. The Bertz CT molecular complexity index is 688. The number of anilines is 1. The Hall–Kier alpha value is -2.71. The van der Waals surface area contributed by atoms with Crippen molar-refractivity contribution >= 4 is 11.5 Å². The summed E-state index contributed by atoms with van der Waals surface area (Å²) in [7, 11) is 1.46. The fourth-order valence-electron chi connectivity index (χ4n) is 1.73. The lowest BCUT2D eigenvalue weighted by Crippen LogP contribution is -2.08. The molecule has 1 N–H and O–H groups in total. The molecule has 6 nitrogen and oxygen atoms in total. The van der Waals surface area contributed by atoms with Crippen LogP contribution in [0.5, 0.6) is 0 Å². The molecule has 0 bridgehead atoms. The molecule has 0 aliphatic carbocycles. The SMILES string of the molecule is CNc1cc([N+](=O)[O-])cc(-c2cnccc2C(F)(F)F)n1. The molecule has 2 aromatic rings. The third-order valence-electron chi connectivity index (χ3n) is 2.68. The van der Waals surface area contributed by atoms with Crippen molar-refractivity contribution in [2.75, 3.05) is 12.4 Å². The molecule has 2 rings (SSSR count). The summed E-state index contributed by atoms with van der Waals surface area (Å²) in [6, 6.07) is 2.91. The van der Waals surface area contributed by atoms with Gasteiger partial charge in [-0.25, -0.2) is 4.98 Å². The van der Waals surface area contributed by atoms with Crippen LogP contribution in [0, 0.1) is 10.1 Å². The minimum absolute atomic E-state index is 0.0937. The Kier molecular flexibility index (Phi) is 3.74. The molecule has 0 aliphatic rings. The number of hydrogen-bond acceptors (Lipinski definition) is 5. The van der Waals surface area contributed by atoms with E-state index < -0.39 is 16.7 Å². The maximum absolute atomic E-state index is 13.0. The summed E-state index contributed by atoms with van der Waals surface area (Å²) in [5.74, 6) is 0.0937. The first kappa shape index (κ1) is 14.7. The highest BCUT2D eigenvalue weighted by molar-refractivity contribution is 5.68. The summed E-state index contributed by atoms with van der Waals surface area (Å²) >= 11 is 0. The average Bonchev–Trinajstić information content (AvgIpc) is 2.45. The van der Waals surface area contributed by atoms with Gasteiger partial charge in [0.05, 0.1) is 22.2 Å². The molecule has 0 radical (unpaired) electrons. The van der Waals surface area contributed by atoms with Gasteiger partial charge < -0.3 is 5.32 Å². The van der Waals surface area contributed by atoms with Crippen LogP contribution in [-0.4, -0.2) is 21.9 Å². The van der Waals surface area contributed by atoms with Crippen molar-refractivity contribution in [2.45, 2.75) is 6.18 Å². The van der Waals surface area contributed by atoms with E-state index in [1.54, 1.807) is 0 Å². The zero-order chi connectivity index (χ0) is 15.6. The maximum atomic E-state index is 13.0. The molecule has 0 saturated heterocycles. The minimum atomic E-state index is -4.61. The number of nitro groups is 1. The van der Waals surface area contributed by atoms with Crippen molar-refractivity contribution in [3.05, 3.63) is 46.3 Å². The number of halogens is 3. The molecular formula is C12H9F3N4O2. The summed E-state index contributed by atoms with van der Waals surface area (Å²) < 4.78 is 38.9. The highest BCUT2D eigenvalue weighted by Crippen LogP contribution is 2.37. The van der Waals surface area contributed by atoms with Crippen LogP contribution in [0.4, 0.5) is 24.7 Å². The second kappa shape index (κ2) is 5.35. The van der Waals surface area contributed by atoms with Gasteiger partial charge >= 0.3 is 6.18 Å². The molecular weight excluding hydrogens is 289 g/mol. The molecule has 9 heteroatoms. The van der Waals surface area contributed by atoms with Crippen molar-refractivity contribution in [3.63, 3.8) is 0 Å². The highest BCUT2D eigenvalue weighted by Gasteiger charge is 2.34. The van der Waals surface area contributed by atoms with E-state index in [0.29, 0.717) is 0 Å². The summed E-state index contributed by atoms with van der Waals surface area (Å²) in [5, 5.41) is 13.4. The lowest BCUT2D eigenvalue weighted by molar-refractivity contribution is -0.384. The molecule has 0 amide bonds. The second-order valence-corrected chi connectivity index (χ2v) is 4.02. The number of rotatable bonds is 3. The number of nitrogens with zero attached hydrogens (tertiary/aromatic N) is 3. The summed E-state index contributed by atoms with van der Waals surface area (Å²) in [6.45, 7) is 0. The van der Waals surface area contributed by atoms with Gasteiger partial charge in [0.15, 0.2) is 0 Å². The molecule has 2 heterocycles. The lowest BCUT2D eigenvalue weighted by Gasteiger charge is -2.12. The van der Waals surface area contributed by atoms with Crippen LogP contribution in [0.2, 0.25) is 0 Å². The first-order chi connectivity index (χ1) is 9.82.